The predicted molar refractivity (Wildman–Crippen MR) is 93.7 cm³/mol. The highest BCUT2D eigenvalue weighted by atomic mass is 35.5. The molecule has 25 heavy (non-hydrogen) atoms. The van der Waals surface area contributed by atoms with Crippen molar-refractivity contribution in [1.29, 1.82) is 0 Å². The predicted octanol–water partition coefficient (Wildman–Crippen LogP) is 1.17. The molecule has 1 unspecified atom stereocenters. The van der Waals surface area contributed by atoms with E-state index < -0.39 is 22.0 Å². The van der Waals surface area contributed by atoms with E-state index in [1.807, 2.05) is 6.07 Å². The van der Waals surface area contributed by atoms with Gasteiger partial charge in [0.2, 0.25) is 15.9 Å². The average Bonchev–Trinajstić information content (AvgIpc) is 2.62. The van der Waals surface area contributed by atoms with Crippen molar-refractivity contribution in [3.8, 4) is 0 Å². The fourth-order valence-electron chi connectivity index (χ4n) is 2.82. The maximum atomic E-state index is 13.2. The Kier molecular flexibility index (Phi) is 5.05. The number of sulfonamides is 1. The molecule has 1 aliphatic heterocycles. The summed E-state index contributed by atoms with van der Waals surface area (Å²) in [6.45, 7) is 1.29. The number of nitrogens with two attached hydrogens (primary N) is 1. The van der Waals surface area contributed by atoms with Crippen LogP contribution in [-0.2, 0) is 10.0 Å². The second-order valence-electron chi connectivity index (χ2n) is 5.66. The van der Waals surface area contributed by atoms with Gasteiger partial charge in [0.05, 0.1) is 10.9 Å². The lowest BCUT2D eigenvalue weighted by molar-refractivity contribution is 0.1000. The molecule has 2 aromatic rings. The third-order valence-electron chi connectivity index (χ3n) is 4.03. The number of piperazine rings is 1. The Hall–Kier alpha value is -2.00. The lowest BCUT2D eigenvalue weighted by Crippen LogP contribution is -2.48. The zero-order chi connectivity index (χ0) is 18.0. The summed E-state index contributed by atoms with van der Waals surface area (Å²) in [5, 5.41) is 3.34. The minimum absolute atomic E-state index is 0.0513. The van der Waals surface area contributed by atoms with Crippen molar-refractivity contribution in [2.45, 2.75) is 10.9 Å². The van der Waals surface area contributed by atoms with Gasteiger partial charge in [-0.15, -0.1) is 0 Å². The minimum Gasteiger partial charge on any atom is -0.366 e. The molecule has 1 amide bonds. The van der Waals surface area contributed by atoms with Crippen LogP contribution in [0.25, 0.3) is 0 Å². The molecule has 0 radical (unpaired) electrons. The summed E-state index contributed by atoms with van der Waals surface area (Å²) in [6, 6.07) is 7.12. The van der Waals surface area contributed by atoms with Crippen LogP contribution in [0.5, 0.6) is 0 Å². The highest BCUT2D eigenvalue weighted by molar-refractivity contribution is 7.89. The molecule has 7 nitrogen and oxygen atoms in total. The second kappa shape index (κ2) is 7.09. The van der Waals surface area contributed by atoms with Crippen LogP contribution in [0.4, 0.5) is 0 Å². The summed E-state index contributed by atoms with van der Waals surface area (Å²) in [5.74, 6) is -0.733. The maximum Gasteiger partial charge on any atom is 0.248 e. The van der Waals surface area contributed by atoms with Gasteiger partial charge in [0.25, 0.3) is 0 Å². The van der Waals surface area contributed by atoms with E-state index in [1.54, 1.807) is 18.5 Å². The van der Waals surface area contributed by atoms with Crippen LogP contribution in [0.15, 0.2) is 47.6 Å². The molecular weight excluding hydrogens is 364 g/mol. The Morgan fingerprint density at radius 3 is 2.84 bits per heavy atom. The number of hydrogen-bond donors (Lipinski definition) is 2. The van der Waals surface area contributed by atoms with Gasteiger partial charge in [-0.1, -0.05) is 17.7 Å². The highest BCUT2D eigenvalue weighted by Crippen LogP contribution is 2.30. The van der Waals surface area contributed by atoms with Crippen LogP contribution in [0, 0.1) is 0 Å². The maximum absolute atomic E-state index is 13.2. The zero-order valence-electron chi connectivity index (χ0n) is 13.2. The molecule has 1 fully saturated rings. The number of carbonyl (C=O) groups excluding carboxylic acids is 1. The number of pyridine rings is 1. The number of halogens is 1. The second-order valence-corrected chi connectivity index (χ2v) is 7.99. The Morgan fingerprint density at radius 1 is 1.36 bits per heavy atom. The summed E-state index contributed by atoms with van der Waals surface area (Å²) in [5.41, 5.74) is 6.11. The van der Waals surface area contributed by atoms with Crippen molar-refractivity contribution in [2.24, 2.45) is 5.73 Å². The molecule has 2 heterocycles. The molecule has 1 aromatic carbocycles. The molecule has 3 rings (SSSR count). The van der Waals surface area contributed by atoms with Crippen molar-refractivity contribution in [3.05, 3.63) is 58.9 Å². The summed E-state index contributed by atoms with van der Waals surface area (Å²) >= 11 is 5.98. The smallest absolute Gasteiger partial charge is 0.248 e. The third-order valence-corrected chi connectivity index (χ3v) is 6.13. The van der Waals surface area contributed by atoms with E-state index in [1.165, 1.54) is 22.5 Å². The van der Waals surface area contributed by atoms with Crippen molar-refractivity contribution >= 4 is 27.5 Å². The number of aromatic nitrogens is 1. The first kappa shape index (κ1) is 17.8. The molecule has 3 N–H and O–H groups in total. The van der Waals surface area contributed by atoms with Crippen molar-refractivity contribution in [1.82, 2.24) is 14.6 Å². The summed E-state index contributed by atoms with van der Waals surface area (Å²) < 4.78 is 27.7. The number of hydrogen-bond acceptors (Lipinski definition) is 5. The van der Waals surface area contributed by atoms with Crippen LogP contribution in [0.1, 0.15) is 22.0 Å². The number of rotatable bonds is 4. The first-order valence-corrected chi connectivity index (χ1v) is 9.44. The Labute approximate surface area is 150 Å². The summed E-state index contributed by atoms with van der Waals surface area (Å²) in [6.07, 6.45) is 3.28. The van der Waals surface area contributed by atoms with Crippen LogP contribution in [0.3, 0.4) is 0 Å². The lowest BCUT2D eigenvalue weighted by atomic mass is 10.1. The van der Waals surface area contributed by atoms with Gasteiger partial charge in [0.15, 0.2) is 0 Å². The van der Waals surface area contributed by atoms with E-state index in [0.717, 1.165) is 5.56 Å². The van der Waals surface area contributed by atoms with Crippen LogP contribution >= 0.6 is 11.6 Å². The topological polar surface area (TPSA) is 105 Å². The molecule has 1 aromatic heterocycles. The Morgan fingerprint density at radius 2 is 2.16 bits per heavy atom. The first-order chi connectivity index (χ1) is 11.9. The van der Waals surface area contributed by atoms with Crippen LogP contribution in [0.2, 0.25) is 5.02 Å². The van der Waals surface area contributed by atoms with Gasteiger partial charge in [-0.25, -0.2) is 8.42 Å². The summed E-state index contributed by atoms with van der Waals surface area (Å²) in [4.78, 5) is 15.4. The van der Waals surface area contributed by atoms with Crippen LogP contribution in [-0.4, -0.2) is 43.2 Å². The van der Waals surface area contributed by atoms with Gasteiger partial charge in [0.1, 0.15) is 0 Å². The number of primary amides is 1. The van der Waals surface area contributed by atoms with Gasteiger partial charge < -0.3 is 11.1 Å². The monoisotopic (exact) mass is 380 g/mol. The molecule has 132 valence electrons. The van der Waals surface area contributed by atoms with E-state index in [0.29, 0.717) is 19.6 Å². The normalized spacial score (nSPS) is 18.8. The molecular formula is C16H17ClN4O3S. The number of benzene rings is 1. The van der Waals surface area contributed by atoms with Gasteiger partial charge >= 0.3 is 0 Å². The minimum atomic E-state index is -3.86. The Bertz CT molecular complexity index is 890. The van der Waals surface area contributed by atoms with E-state index in [2.05, 4.69) is 10.3 Å². The van der Waals surface area contributed by atoms with Gasteiger partial charge in [-0.2, -0.15) is 4.31 Å². The molecule has 0 saturated carbocycles. The third kappa shape index (κ3) is 3.67. The number of nitrogens with zero attached hydrogens (tertiary/aromatic N) is 2. The van der Waals surface area contributed by atoms with Gasteiger partial charge in [-0.3, -0.25) is 9.78 Å². The fraction of sp³-hybridized carbons (Fsp3) is 0.250. The van der Waals surface area contributed by atoms with E-state index >= 15 is 0 Å². The van der Waals surface area contributed by atoms with E-state index in [-0.39, 0.29) is 15.5 Å². The largest absolute Gasteiger partial charge is 0.366 e. The average molecular weight is 381 g/mol. The SMILES string of the molecule is NC(=O)c1cc(Cl)cc(S(=O)(=O)N2CCNCC2c2cccnc2)c1. The standard InChI is InChI=1S/C16H17ClN4O3S/c17-13-6-12(16(18)22)7-14(8-13)25(23,24)21-5-4-20-10-15(21)11-2-1-3-19-9-11/h1-3,6-9,15,20H,4-5,10H2,(H2,18,22). The highest BCUT2D eigenvalue weighted by Gasteiger charge is 2.35. The number of nitrogens with one attached hydrogen (secondary N) is 1. The number of carbonyl (C=O) groups is 1. The first-order valence-electron chi connectivity index (χ1n) is 7.62. The van der Waals surface area contributed by atoms with E-state index in [4.69, 9.17) is 17.3 Å². The van der Waals surface area contributed by atoms with Crippen LogP contribution < -0.4 is 11.1 Å². The molecule has 1 aliphatic rings. The fourth-order valence-corrected chi connectivity index (χ4v) is 4.81. The molecule has 1 atom stereocenters. The molecule has 9 heteroatoms. The quantitative estimate of drug-likeness (QED) is 0.828. The van der Waals surface area contributed by atoms with E-state index in [9.17, 15) is 13.2 Å². The van der Waals surface area contributed by atoms with Gasteiger partial charge in [-0.05, 0) is 29.8 Å². The molecule has 0 aliphatic carbocycles. The molecule has 0 bridgehead atoms. The summed E-state index contributed by atoms with van der Waals surface area (Å²) in [7, 11) is -3.86. The molecule has 1 saturated heterocycles. The van der Waals surface area contributed by atoms with Crippen molar-refractivity contribution in [2.75, 3.05) is 19.6 Å². The molecule has 0 spiro atoms. The van der Waals surface area contributed by atoms with Crippen molar-refractivity contribution < 1.29 is 13.2 Å². The lowest BCUT2D eigenvalue weighted by Gasteiger charge is -2.35. The van der Waals surface area contributed by atoms with Crippen molar-refractivity contribution in [3.63, 3.8) is 0 Å². The van der Waals surface area contributed by atoms with Gasteiger partial charge in [0, 0.05) is 42.6 Å². The zero-order valence-corrected chi connectivity index (χ0v) is 14.8. The number of amides is 1. The Balaban J connectivity index is 2.04.